The first-order valence-electron chi connectivity index (χ1n) is 8.39. The number of aromatic nitrogens is 2. The quantitative estimate of drug-likeness (QED) is 0.256. The van der Waals surface area contributed by atoms with Gasteiger partial charge in [0.05, 0.1) is 6.54 Å². The largest absolute Gasteiger partial charge is 0.356 e. The van der Waals surface area contributed by atoms with E-state index in [0.717, 1.165) is 42.9 Å². The van der Waals surface area contributed by atoms with Crippen molar-refractivity contribution in [3.05, 3.63) is 57.2 Å². The lowest BCUT2D eigenvalue weighted by molar-refractivity contribution is 0.459. The second-order valence-electron chi connectivity index (χ2n) is 6.03. The molecule has 2 heterocycles. The minimum Gasteiger partial charge on any atom is -0.356 e. The number of hydrogen-bond acceptors (Lipinski definition) is 2. The first-order chi connectivity index (χ1) is 12.0. The molecule has 1 N–H and O–H groups in total. The zero-order chi connectivity index (χ0) is 18.2. The van der Waals surface area contributed by atoms with Crippen LogP contribution in [-0.2, 0) is 20.1 Å². The lowest BCUT2D eigenvalue weighted by Crippen LogP contribution is -2.39. The lowest BCUT2D eigenvalue weighted by atomic mass is 10.3. The summed E-state index contributed by atoms with van der Waals surface area (Å²) < 4.78 is 4.93. The van der Waals surface area contributed by atoms with Crippen molar-refractivity contribution in [2.45, 2.75) is 25.9 Å². The summed E-state index contributed by atoms with van der Waals surface area (Å²) in [5, 5.41) is 3.38. The van der Waals surface area contributed by atoms with Gasteiger partial charge in [-0.2, -0.15) is 0 Å². The van der Waals surface area contributed by atoms with Crippen LogP contribution >= 0.6 is 39.9 Å². The van der Waals surface area contributed by atoms with Crippen LogP contribution < -0.4 is 10.9 Å². The second kappa shape index (κ2) is 11.4. The van der Waals surface area contributed by atoms with Crippen LogP contribution in [0.4, 0.5) is 0 Å². The molecule has 0 saturated carbocycles. The number of pyridine rings is 1. The first kappa shape index (κ1) is 22.8. The average molecular weight is 536 g/mol. The highest BCUT2D eigenvalue weighted by atomic mass is 127. The average Bonchev–Trinajstić information content (AvgIpc) is 2.89. The van der Waals surface area contributed by atoms with Gasteiger partial charge in [0.1, 0.15) is 0 Å². The van der Waals surface area contributed by atoms with Crippen molar-refractivity contribution < 1.29 is 0 Å². The zero-order valence-corrected chi connectivity index (χ0v) is 19.4. The zero-order valence-electron chi connectivity index (χ0n) is 15.5. The van der Waals surface area contributed by atoms with Crippen LogP contribution in [-0.4, -0.2) is 40.6 Å². The predicted molar refractivity (Wildman–Crippen MR) is 121 cm³/mol. The summed E-state index contributed by atoms with van der Waals surface area (Å²) in [6.45, 7) is 2.35. The van der Waals surface area contributed by atoms with Crippen LogP contribution in [0.1, 0.15) is 18.5 Å². The molecule has 0 spiro atoms. The van der Waals surface area contributed by atoms with Crippen LogP contribution in [0.3, 0.4) is 0 Å². The Hall–Kier alpha value is -1.29. The Bertz CT molecular complexity index is 771. The van der Waals surface area contributed by atoms with E-state index in [1.807, 2.05) is 32.6 Å². The molecule has 6 nitrogen and oxygen atoms in total. The van der Waals surface area contributed by atoms with Crippen molar-refractivity contribution in [2.75, 3.05) is 20.6 Å². The molecule has 0 aliphatic carbocycles. The third-order valence-electron chi connectivity index (χ3n) is 4.05. The molecule has 2 aromatic heterocycles. The maximum absolute atomic E-state index is 11.6. The van der Waals surface area contributed by atoms with E-state index in [1.165, 1.54) is 5.69 Å². The normalized spacial score (nSPS) is 11.2. The van der Waals surface area contributed by atoms with Gasteiger partial charge in [-0.3, -0.25) is 9.79 Å². The summed E-state index contributed by atoms with van der Waals surface area (Å²) in [6.07, 6.45) is 5.80. The van der Waals surface area contributed by atoms with Gasteiger partial charge in [0.15, 0.2) is 5.96 Å². The van der Waals surface area contributed by atoms with Gasteiger partial charge in [0, 0.05) is 62.9 Å². The van der Waals surface area contributed by atoms with E-state index in [4.69, 9.17) is 0 Å². The summed E-state index contributed by atoms with van der Waals surface area (Å²) in [4.78, 5) is 18.1. The van der Waals surface area contributed by atoms with Crippen molar-refractivity contribution in [3.63, 3.8) is 0 Å². The van der Waals surface area contributed by atoms with Crippen molar-refractivity contribution >= 4 is 45.9 Å². The van der Waals surface area contributed by atoms with Crippen LogP contribution in [0.2, 0.25) is 0 Å². The lowest BCUT2D eigenvalue weighted by Gasteiger charge is -2.22. The summed E-state index contributed by atoms with van der Waals surface area (Å²) in [5.41, 5.74) is 1.26. The smallest absolute Gasteiger partial charge is 0.250 e. The highest BCUT2D eigenvalue weighted by Gasteiger charge is 2.09. The van der Waals surface area contributed by atoms with Crippen molar-refractivity contribution in [2.24, 2.45) is 12.0 Å². The van der Waals surface area contributed by atoms with Crippen LogP contribution in [0.25, 0.3) is 0 Å². The SMILES string of the molecule is CN=C(NCCCCn1ccccc1=O)N(C)Cc1cc(Br)cn1C.I. The minimum absolute atomic E-state index is 0. The number of unbranched alkanes of at least 4 members (excludes halogenated alkanes) is 1. The fraction of sp³-hybridized carbons (Fsp3) is 0.444. The Morgan fingerprint density at radius 1 is 1.35 bits per heavy atom. The number of aliphatic imine (C=N–C) groups is 1. The molecule has 0 aliphatic rings. The molecular weight excluding hydrogens is 509 g/mol. The van der Waals surface area contributed by atoms with E-state index in [2.05, 4.69) is 41.8 Å². The maximum Gasteiger partial charge on any atom is 0.250 e. The topological polar surface area (TPSA) is 54.6 Å². The van der Waals surface area contributed by atoms with E-state index in [0.29, 0.717) is 0 Å². The van der Waals surface area contributed by atoms with Crippen molar-refractivity contribution in [3.8, 4) is 0 Å². The van der Waals surface area contributed by atoms with Gasteiger partial charge < -0.3 is 19.4 Å². The molecule has 8 heteroatoms. The summed E-state index contributed by atoms with van der Waals surface area (Å²) >= 11 is 3.50. The Morgan fingerprint density at radius 3 is 2.73 bits per heavy atom. The first-order valence-corrected chi connectivity index (χ1v) is 9.18. The molecule has 0 aromatic carbocycles. The monoisotopic (exact) mass is 535 g/mol. The molecule has 2 rings (SSSR count). The van der Waals surface area contributed by atoms with Gasteiger partial charge in [-0.25, -0.2) is 0 Å². The molecule has 0 aliphatic heterocycles. The second-order valence-corrected chi connectivity index (χ2v) is 6.95. The molecule has 0 atom stereocenters. The van der Waals surface area contributed by atoms with Gasteiger partial charge in [0.2, 0.25) is 5.56 Å². The van der Waals surface area contributed by atoms with Crippen LogP contribution in [0, 0.1) is 0 Å². The summed E-state index contributed by atoms with van der Waals surface area (Å²) in [6, 6.07) is 7.36. The molecule has 0 fully saturated rings. The molecular formula is C18H27BrIN5O. The molecule has 0 amide bonds. The number of halogens is 2. The standard InChI is InChI=1S/C18H26BrN5O.HI/c1-20-18(23(3)14-16-12-15(19)13-22(16)2)21-9-5-7-11-24-10-6-4-8-17(24)25;/h4,6,8,10,12-13H,5,7,9,11,14H2,1-3H3,(H,20,21);1H. The van der Waals surface area contributed by atoms with E-state index in [1.54, 1.807) is 23.7 Å². The maximum atomic E-state index is 11.6. The van der Waals surface area contributed by atoms with E-state index in [9.17, 15) is 4.79 Å². The number of rotatable bonds is 7. The fourth-order valence-corrected chi connectivity index (χ4v) is 3.25. The molecule has 0 unspecified atom stereocenters. The van der Waals surface area contributed by atoms with Gasteiger partial charge in [-0.15, -0.1) is 24.0 Å². The molecule has 0 radical (unpaired) electrons. The van der Waals surface area contributed by atoms with E-state index < -0.39 is 0 Å². The number of hydrogen-bond donors (Lipinski definition) is 1. The highest BCUT2D eigenvalue weighted by molar-refractivity contribution is 14.0. The van der Waals surface area contributed by atoms with Gasteiger partial charge in [-0.05, 0) is 40.9 Å². The van der Waals surface area contributed by atoms with Crippen molar-refractivity contribution in [1.82, 2.24) is 19.4 Å². The van der Waals surface area contributed by atoms with Crippen molar-refractivity contribution in [1.29, 1.82) is 0 Å². The molecule has 2 aromatic rings. The third kappa shape index (κ3) is 6.79. The van der Waals surface area contributed by atoms with Gasteiger partial charge in [-0.1, -0.05) is 6.07 Å². The third-order valence-corrected chi connectivity index (χ3v) is 4.49. The van der Waals surface area contributed by atoms with E-state index >= 15 is 0 Å². The number of nitrogens with one attached hydrogen (secondary N) is 1. The Morgan fingerprint density at radius 2 is 2.12 bits per heavy atom. The molecule has 26 heavy (non-hydrogen) atoms. The highest BCUT2D eigenvalue weighted by Crippen LogP contribution is 2.14. The summed E-state index contributed by atoms with van der Waals surface area (Å²) in [7, 11) is 5.86. The minimum atomic E-state index is 0. The molecule has 144 valence electrons. The predicted octanol–water partition coefficient (Wildman–Crippen LogP) is 3.05. The number of aryl methyl sites for hydroxylation is 2. The summed E-state index contributed by atoms with van der Waals surface area (Å²) in [5.74, 6) is 0.870. The van der Waals surface area contributed by atoms with E-state index in [-0.39, 0.29) is 29.5 Å². The molecule has 0 bridgehead atoms. The fourth-order valence-electron chi connectivity index (χ4n) is 2.68. The Kier molecular flexibility index (Phi) is 10.0. The Labute approximate surface area is 180 Å². The Balaban J connectivity index is 0.00000338. The van der Waals surface area contributed by atoms with Gasteiger partial charge >= 0.3 is 0 Å². The number of guanidine groups is 1. The van der Waals surface area contributed by atoms with Crippen LogP contribution in [0.15, 0.2) is 50.9 Å². The number of nitrogens with zero attached hydrogens (tertiary/aromatic N) is 4. The molecule has 0 saturated heterocycles. The van der Waals surface area contributed by atoms with Crippen LogP contribution in [0.5, 0.6) is 0 Å². The van der Waals surface area contributed by atoms with Gasteiger partial charge in [0.25, 0.3) is 0 Å².